The molecule has 2 aromatic rings. The van der Waals surface area contributed by atoms with E-state index in [1.807, 2.05) is 22.8 Å². The van der Waals surface area contributed by atoms with Gasteiger partial charge in [0.1, 0.15) is 12.4 Å². The van der Waals surface area contributed by atoms with Crippen LogP contribution in [0.5, 0.6) is 0 Å². The molecular formula is C14H19N3O. The summed E-state index contributed by atoms with van der Waals surface area (Å²) in [6.45, 7) is 6.18. The number of hydrogen-bond acceptors (Lipinski definition) is 3. The molecule has 0 radical (unpaired) electrons. The summed E-state index contributed by atoms with van der Waals surface area (Å²) >= 11 is 0. The van der Waals surface area contributed by atoms with Gasteiger partial charge >= 0.3 is 0 Å². The monoisotopic (exact) mass is 245 g/mol. The molecule has 0 aliphatic carbocycles. The number of aromatic nitrogens is 3. The Morgan fingerprint density at radius 1 is 1.06 bits per heavy atom. The lowest BCUT2D eigenvalue weighted by atomic mass is 10.1. The lowest BCUT2D eigenvalue weighted by molar-refractivity contribution is 0.248. The first kappa shape index (κ1) is 12.8. The summed E-state index contributed by atoms with van der Waals surface area (Å²) in [5.41, 5.74) is 1.06. The van der Waals surface area contributed by atoms with Crippen molar-refractivity contribution in [3.63, 3.8) is 0 Å². The van der Waals surface area contributed by atoms with E-state index in [9.17, 15) is 5.11 Å². The summed E-state index contributed by atoms with van der Waals surface area (Å²) in [4.78, 5) is 0. The van der Waals surface area contributed by atoms with Crippen LogP contribution < -0.4 is 0 Å². The second kappa shape index (κ2) is 4.90. The fourth-order valence-electron chi connectivity index (χ4n) is 2.12. The lowest BCUT2D eigenvalue weighted by Gasteiger charge is -2.24. The molecule has 0 amide bonds. The molecule has 96 valence electrons. The molecule has 0 bridgehead atoms. The van der Waals surface area contributed by atoms with Crippen LogP contribution in [0.25, 0.3) is 0 Å². The highest BCUT2D eigenvalue weighted by atomic mass is 16.3. The molecule has 4 heteroatoms. The quantitative estimate of drug-likeness (QED) is 0.901. The van der Waals surface area contributed by atoms with Crippen LogP contribution in [0.3, 0.4) is 0 Å². The first-order valence-corrected chi connectivity index (χ1v) is 6.11. The average molecular weight is 245 g/mol. The van der Waals surface area contributed by atoms with Crippen LogP contribution in [0.2, 0.25) is 0 Å². The molecule has 4 nitrogen and oxygen atoms in total. The summed E-state index contributed by atoms with van der Waals surface area (Å²) in [6, 6.07) is 10.2. The molecule has 0 aliphatic heterocycles. The van der Waals surface area contributed by atoms with E-state index < -0.39 is 0 Å². The smallest absolute Gasteiger partial charge is 0.159 e. The number of aliphatic hydroxyl groups excluding tert-OH is 1. The minimum atomic E-state index is -0.133. The fourth-order valence-corrected chi connectivity index (χ4v) is 2.12. The predicted molar refractivity (Wildman–Crippen MR) is 70.2 cm³/mol. The van der Waals surface area contributed by atoms with Gasteiger partial charge in [-0.15, -0.1) is 10.2 Å². The zero-order valence-electron chi connectivity index (χ0n) is 11.1. The van der Waals surface area contributed by atoms with Gasteiger partial charge in [0, 0.05) is 12.0 Å². The van der Waals surface area contributed by atoms with E-state index >= 15 is 0 Å². The molecule has 0 atom stereocenters. The summed E-state index contributed by atoms with van der Waals surface area (Å²) in [5.74, 6) is 1.51. The van der Waals surface area contributed by atoms with Crippen LogP contribution in [0, 0.1) is 0 Å². The highest BCUT2D eigenvalue weighted by Gasteiger charge is 2.22. The van der Waals surface area contributed by atoms with Crippen LogP contribution in [-0.2, 0) is 18.6 Å². The van der Waals surface area contributed by atoms with E-state index in [-0.39, 0.29) is 12.1 Å². The highest BCUT2D eigenvalue weighted by Crippen LogP contribution is 2.20. The van der Waals surface area contributed by atoms with Crippen molar-refractivity contribution in [1.29, 1.82) is 0 Å². The molecule has 0 saturated carbocycles. The Kier molecular flexibility index (Phi) is 3.48. The molecule has 0 fully saturated rings. The first-order chi connectivity index (χ1) is 8.52. The van der Waals surface area contributed by atoms with E-state index in [1.54, 1.807) is 0 Å². The maximum absolute atomic E-state index is 9.34. The van der Waals surface area contributed by atoms with Crippen molar-refractivity contribution in [3.8, 4) is 0 Å². The molecule has 1 aromatic heterocycles. The highest BCUT2D eigenvalue weighted by molar-refractivity contribution is 5.19. The molecule has 0 saturated heterocycles. The lowest BCUT2D eigenvalue weighted by Crippen LogP contribution is -2.26. The van der Waals surface area contributed by atoms with Crippen molar-refractivity contribution in [2.24, 2.45) is 0 Å². The number of aliphatic hydroxyl groups is 1. The van der Waals surface area contributed by atoms with Gasteiger partial charge in [0.25, 0.3) is 0 Å². The van der Waals surface area contributed by atoms with Crippen LogP contribution in [-0.4, -0.2) is 19.9 Å². The third kappa shape index (κ3) is 2.59. The van der Waals surface area contributed by atoms with Gasteiger partial charge in [-0.1, -0.05) is 30.3 Å². The molecular weight excluding hydrogens is 226 g/mol. The van der Waals surface area contributed by atoms with Crippen molar-refractivity contribution in [2.75, 3.05) is 0 Å². The van der Waals surface area contributed by atoms with Crippen molar-refractivity contribution in [3.05, 3.63) is 47.5 Å². The topological polar surface area (TPSA) is 50.9 Å². The van der Waals surface area contributed by atoms with Crippen molar-refractivity contribution < 1.29 is 5.11 Å². The largest absolute Gasteiger partial charge is 0.388 e. The SMILES string of the molecule is CC(C)(C)n1c(CO)nnc1Cc1ccccc1. The van der Waals surface area contributed by atoms with Gasteiger partial charge in [-0.3, -0.25) is 0 Å². The Hall–Kier alpha value is -1.68. The van der Waals surface area contributed by atoms with Crippen molar-refractivity contribution in [2.45, 2.75) is 39.3 Å². The fraction of sp³-hybridized carbons (Fsp3) is 0.429. The molecule has 18 heavy (non-hydrogen) atoms. The predicted octanol–water partition coefficient (Wildman–Crippen LogP) is 2.12. The van der Waals surface area contributed by atoms with Gasteiger partial charge in [0.05, 0.1) is 0 Å². The average Bonchev–Trinajstić information content (AvgIpc) is 2.73. The normalized spacial score (nSPS) is 11.8. The van der Waals surface area contributed by atoms with E-state index in [4.69, 9.17) is 0 Å². The van der Waals surface area contributed by atoms with Gasteiger partial charge in [0.15, 0.2) is 5.82 Å². The summed E-state index contributed by atoms with van der Waals surface area (Å²) in [5, 5.41) is 17.6. The van der Waals surface area contributed by atoms with Gasteiger partial charge < -0.3 is 9.67 Å². The maximum Gasteiger partial charge on any atom is 0.159 e. The molecule has 0 spiro atoms. The number of nitrogens with zero attached hydrogens (tertiary/aromatic N) is 3. The summed E-state index contributed by atoms with van der Waals surface area (Å²) < 4.78 is 2.01. The van der Waals surface area contributed by atoms with Gasteiger partial charge in [-0.2, -0.15) is 0 Å². The van der Waals surface area contributed by atoms with E-state index in [0.29, 0.717) is 5.82 Å². The van der Waals surface area contributed by atoms with Crippen LogP contribution in [0.15, 0.2) is 30.3 Å². The van der Waals surface area contributed by atoms with Crippen molar-refractivity contribution in [1.82, 2.24) is 14.8 Å². The third-order valence-electron chi connectivity index (χ3n) is 2.81. The zero-order valence-corrected chi connectivity index (χ0v) is 11.1. The minimum Gasteiger partial charge on any atom is -0.388 e. The Bertz CT molecular complexity index is 512. The van der Waals surface area contributed by atoms with E-state index in [0.717, 1.165) is 12.2 Å². The van der Waals surface area contributed by atoms with Gasteiger partial charge in [-0.05, 0) is 26.3 Å². The zero-order chi connectivity index (χ0) is 13.2. The molecule has 0 unspecified atom stereocenters. The molecule has 1 N–H and O–H groups in total. The number of rotatable bonds is 3. The maximum atomic E-state index is 9.34. The van der Waals surface area contributed by atoms with E-state index in [1.165, 1.54) is 5.56 Å². The van der Waals surface area contributed by atoms with Gasteiger partial charge in [-0.25, -0.2) is 0 Å². The second-order valence-electron chi connectivity index (χ2n) is 5.36. The molecule has 2 rings (SSSR count). The molecule has 1 heterocycles. The number of hydrogen-bond donors (Lipinski definition) is 1. The summed E-state index contributed by atoms with van der Waals surface area (Å²) in [7, 11) is 0. The molecule has 0 aliphatic rings. The van der Waals surface area contributed by atoms with Crippen LogP contribution in [0.4, 0.5) is 0 Å². The summed E-state index contributed by atoms with van der Waals surface area (Å²) in [6.07, 6.45) is 0.727. The molecule has 1 aromatic carbocycles. The Balaban J connectivity index is 2.37. The number of benzene rings is 1. The van der Waals surface area contributed by atoms with Gasteiger partial charge in [0.2, 0.25) is 0 Å². The van der Waals surface area contributed by atoms with Crippen LogP contribution >= 0.6 is 0 Å². The Morgan fingerprint density at radius 3 is 2.22 bits per heavy atom. The van der Waals surface area contributed by atoms with Crippen molar-refractivity contribution >= 4 is 0 Å². The first-order valence-electron chi connectivity index (χ1n) is 6.11. The van der Waals surface area contributed by atoms with Crippen LogP contribution in [0.1, 0.15) is 38.0 Å². The standard InChI is InChI=1S/C14H19N3O/c1-14(2,3)17-12(15-16-13(17)10-18)9-11-7-5-4-6-8-11/h4-8,18H,9-10H2,1-3H3. The Labute approximate surface area is 107 Å². The Morgan fingerprint density at radius 2 is 1.67 bits per heavy atom. The third-order valence-corrected chi connectivity index (χ3v) is 2.81. The minimum absolute atomic E-state index is 0.0843. The second-order valence-corrected chi connectivity index (χ2v) is 5.36. The van der Waals surface area contributed by atoms with E-state index in [2.05, 4.69) is 43.1 Å².